The molecule has 0 saturated heterocycles. The highest BCUT2D eigenvalue weighted by atomic mass is 16.5. The lowest BCUT2D eigenvalue weighted by Gasteiger charge is -2.27. The summed E-state index contributed by atoms with van der Waals surface area (Å²) in [5.41, 5.74) is 11.3. The van der Waals surface area contributed by atoms with Crippen molar-refractivity contribution in [3.8, 4) is 11.5 Å². The number of anilines is 1. The van der Waals surface area contributed by atoms with Crippen LogP contribution in [-0.2, 0) is 6.42 Å². The Balaban J connectivity index is 1.70. The van der Waals surface area contributed by atoms with Gasteiger partial charge in [0, 0.05) is 5.69 Å². The molecule has 2 N–H and O–H groups in total. The van der Waals surface area contributed by atoms with Crippen molar-refractivity contribution in [3.05, 3.63) is 65.0 Å². The second-order valence-electron chi connectivity index (χ2n) is 5.45. The van der Waals surface area contributed by atoms with Crippen LogP contribution in [0.25, 0.3) is 11.5 Å². The molecule has 2 aromatic carbocycles. The fourth-order valence-electron chi connectivity index (χ4n) is 2.84. The summed E-state index contributed by atoms with van der Waals surface area (Å²) >= 11 is 0. The van der Waals surface area contributed by atoms with Gasteiger partial charge in [0.2, 0.25) is 0 Å². The fraction of sp³-hybridized carbons (Fsp3) is 0.176. The van der Waals surface area contributed by atoms with Crippen LogP contribution in [0.15, 0.2) is 47.0 Å². The van der Waals surface area contributed by atoms with E-state index in [1.165, 1.54) is 11.1 Å². The third kappa shape index (κ3) is 1.83. The van der Waals surface area contributed by atoms with Crippen LogP contribution in [0.5, 0.6) is 0 Å². The van der Waals surface area contributed by atoms with Gasteiger partial charge in [-0.2, -0.15) is 4.98 Å². The van der Waals surface area contributed by atoms with Crippen molar-refractivity contribution in [2.45, 2.75) is 19.3 Å². The number of fused-ring (bicyclic) bond motifs is 1. The molecule has 4 heteroatoms. The van der Waals surface area contributed by atoms with E-state index >= 15 is 0 Å². The summed E-state index contributed by atoms with van der Waals surface area (Å²) < 4.78 is 5.42. The highest BCUT2D eigenvalue weighted by Crippen LogP contribution is 2.39. The minimum atomic E-state index is 0.240. The third-order valence-corrected chi connectivity index (χ3v) is 4.16. The van der Waals surface area contributed by atoms with E-state index in [1.54, 1.807) is 0 Å². The molecule has 3 aromatic rings. The number of nitrogen functional groups attached to an aromatic ring is 1. The molecular formula is C17H15N3O. The number of hydrogen-bond acceptors (Lipinski definition) is 4. The number of hydrogen-bond donors (Lipinski definition) is 1. The molecule has 0 bridgehead atoms. The van der Waals surface area contributed by atoms with Crippen LogP contribution in [0, 0.1) is 6.92 Å². The maximum absolute atomic E-state index is 6.10. The van der Waals surface area contributed by atoms with Gasteiger partial charge in [0.25, 0.3) is 5.89 Å². The average molecular weight is 277 g/mol. The van der Waals surface area contributed by atoms with E-state index in [0.717, 1.165) is 23.4 Å². The number of aryl methyl sites for hydroxylation is 1. The zero-order chi connectivity index (χ0) is 14.4. The summed E-state index contributed by atoms with van der Waals surface area (Å²) in [7, 11) is 0. The lowest BCUT2D eigenvalue weighted by atomic mass is 9.77. The average Bonchev–Trinajstić information content (AvgIpc) is 2.92. The first-order chi connectivity index (χ1) is 10.2. The van der Waals surface area contributed by atoms with E-state index in [1.807, 2.05) is 31.2 Å². The number of aromatic nitrogens is 2. The molecule has 1 aromatic heterocycles. The first-order valence-corrected chi connectivity index (χ1v) is 7.01. The topological polar surface area (TPSA) is 64.9 Å². The monoisotopic (exact) mass is 277 g/mol. The number of para-hydroxylation sites is 1. The Morgan fingerprint density at radius 3 is 2.86 bits per heavy atom. The Hall–Kier alpha value is -2.62. The predicted octanol–water partition coefficient (Wildman–Crippen LogP) is 3.32. The van der Waals surface area contributed by atoms with Crippen molar-refractivity contribution >= 4 is 5.69 Å². The smallest absolute Gasteiger partial charge is 0.260 e. The summed E-state index contributed by atoms with van der Waals surface area (Å²) in [4.78, 5) is 4.55. The zero-order valence-corrected chi connectivity index (χ0v) is 11.7. The number of nitrogens with two attached hydrogens (primary N) is 1. The molecule has 1 heterocycles. The van der Waals surface area contributed by atoms with E-state index in [4.69, 9.17) is 10.3 Å². The number of nitrogens with zero attached hydrogens (tertiary/aromatic N) is 2. The molecular weight excluding hydrogens is 262 g/mol. The molecule has 0 aliphatic heterocycles. The van der Waals surface area contributed by atoms with E-state index in [0.29, 0.717) is 11.6 Å². The highest BCUT2D eigenvalue weighted by molar-refractivity contribution is 5.73. The van der Waals surface area contributed by atoms with Crippen molar-refractivity contribution in [1.29, 1.82) is 0 Å². The van der Waals surface area contributed by atoms with E-state index in [9.17, 15) is 0 Å². The van der Waals surface area contributed by atoms with E-state index < -0.39 is 0 Å². The van der Waals surface area contributed by atoms with Crippen LogP contribution in [0.1, 0.15) is 28.4 Å². The molecule has 21 heavy (non-hydrogen) atoms. The highest BCUT2D eigenvalue weighted by Gasteiger charge is 2.31. The molecule has 0 spiro atoms. The van der Waals surface area contributed by atoms with Crippen LogP contribution in [-0.4, -0.2) is 10.1 Å². The molecule has 0 fully saturated rings. The fourth-order valence-corrected chi connectivity index (χ4v) is 2.84. The minimum absolute atomic E-state index is 0.240. The van der Waals surface area contributed by atoms with Gasteiger partial charge in [-0.05, 0) is 36.1 Å². The quantitative estimate of drug-likeness (QED) is 0.730. The summed E-state index contributed by atoms with van der Waals surface area (Å²) in [5.74, 6) is 1.48. The van der Waals surface area contributed by atoms with Gasteiger partial charge in [-0.3, -0.25) is 0 Å². The lowest BCUT2D eigenvalue weighted by Crippen LogP contribution is -2.19. The van der Waals surface area contributed by atoms with Gasteiger partial charge in [-0.25, -0.2) is 0 Å². The number of rotatable bonds is 2. The molecule has 0 amide bonds. The molecule has 1 atom stereocenters. The Morgan fingerprint density at radius 2 is 2.00 bits per heavy atom. The first-order valence-electron chi connectivity index (χ1n) is 7.01. The van der Waals surface area contributed by atoms with Gasteiger partial charge < -0.3 is 10.3 Å². The van der Waals surface area contributed by atoms with E-state index in [2.05, 4.69) is 28.3 Å². The second-order valence-corrected chi connectivity index (χ2v) is 5.45. The zero-order valence-electron chi connectivity index (χ0n) is 11.7. The summed E-state index contributed by atoms with van der Waals surface area (Å²) in [6.07, 6.45) is 0.971. The van der Waals surface area contributed by atoms with Gasteiger partial charge in [0.1, 0.15) is 0 Å². The van der Waals surface area contributed by atoms with Crippen molar-refractivity contribution < 1.29 is 4.52 Å². The first kappa shape index (κ1) is 12.1. The molecule has 0 radical (unpaired) electrons. The van der Waals surface area contributed by atoms with Gasteiger partial charge in [0.15, 0.2) is 5.82 Å². The van der Waals surface area contributed by atoms with Crippen molar-refractivity contribution in [1.82, 2.24) is 10.1 Å². The largest absolute Gasteiger partial charge is 0.398 e. The summed E-state index contributed by atoms with van der Waals surface area (Å²) in [6, 6.07) is 14.2. The Labute approximate surface area is 122 Å². The van der Waals surface area contributed by atoms with Crippen LogP contribution in [0.3, 0.4) is 0 Å². The van der Waals surface area contributed by atoms with Crippen LogP contribution >= 0.6 is 0 Å². The molecule has 0 saturated carbocycles. The van der Waals surface area contributed by atoms with Gasteiger partial charge >= 0.3 is 0 Å². The molecule has 1 unspecified atom stereocenters. The van der Waals surface area contributed by atoms with Crippen molar-refractivity contribution in [2.75, 3.05) is 5.73 Å². The van der Waals surface area contributed by atoms with Gasteiger partial charge in [-0.1, -0.05) is 41.6 Å². The van der Waals surface area contributed by atoms with Crippen LogP contribution in [0.2, 0.25) is 0 Å². The second kappa shape index (κ2) is 4.45. The van der Waals surface area contributed by atoms with Gasteiger partial charge in [-0.15, -0.1) is 0 Å². The SMILES string of the molecule is Cc1cccc(-c2nc(C3Cc4ccccc43)no2)c1N. The maximum Gasteiger partial charge on any atom is 0.260 e. The number of benzene rings is 2. The molecule has 1 aliphatic rings. The standard InChI is InChI=1S/C17H15N3O/c1-10-5-4-8-13(15(10)18)17-19-16(20-21-17)14-9-11-6-2-3-7-12(11)14/h2-8,14H,9,18H2,1H3. The predicted molar refractivity (Wildman–Crippen MR) is 80.9 cm³/mol. The minimum Gasteiger partial charge on any atom is -0.398 e. The summed E-state index contributed by atoms with van der Waals surface area (Å²) in [5, 5.41) is 4.14. The van der Waals surface area contributed by atoms with Crippen molar-refractivity contribution in [3.63, 3.8) is 0 Å². The Kier molecular flexibility index (Phi) is 2.57. The molecule has 4 rings (SSSR count). The molecule has 104 valence electrons. The normalized spacial score (nSPS) is 16.3. The van der Waals surface area contributed by atoms with Crippen molar-refractivity contribution in [2.24, 2.45) is 0 Å². The molecule has 1 aliphatic carbocycles. The molecule has 4 nitrogen and oxygen atoms in total. The summed E-state index contributed by atoms with van der Waals surface area (Å²) in [6.45, 7) is 1.97. The maximum atomic E-state index is 6.10. The Morgan fingerprint density at radius 1 is 1.14 bits per heavy atom. The van der Waals surface area contributed by atoms with E-state index in [-0.39, 0.29) is 5.92 Å². The third-order valence-electron chi connectivity index (χ3n) is 4.16. The lowest BCUT2D eigenvalue weighted by molar-refractivity contribution is 0.416. The van der Waals surface area contributed by atoms with Gasteiger partial charge in [0.05, 0.1) is 11.5 Å². The van der Waals surface area contributed by atoms with Crippen LogP contribution in [0.4, 0.5) is 5.69 Å². The van der Waals surface area contributed by atoms with Crippen LogP contribution < -0.4 is 5.73 Å². The Bertz CT molecular complexity index is 822.